The van der Waals surface area contributed by atoms with Gasteiger partial charge in [0.1, 0.15) is 5.75 Å². The lowest BCUT2D eigenvalue weighted by atomic mass is 9.87. The summed E-state index contributed by atoms with van der Waals surface area (Å²) >= 11 is 0. The molecule has 0 saturated heterocycles. The van der Waals surface area contributed by atoms with E-state index in [-0.39, 0.29) is 23.5 Å². The van der Waals surface area contributed by atoms with Gasteiger partial charge in [-0.3, -0.25) is 4.79 Å². The first-order chi connectivity index (χ1) is 10.2. The molecule has 0 aromatic heterocycles. The second kappa shape index (κ2) is 8.08. The zero-order valence-electron chi connectivity index (χ0n) is 13.1. The van der Waals surface area contributed by atoms with Crippen molar-refractivity contribution in [1.29, 1.82) is 0 Å². The zero-order valence-corrected chi connectivity index (χ0v) is 13.1. The number of amides is 1. The average Bonchev–Trinajstić information content (AvgIpc) is 2.37. The molecule has 1 rings (SSSR count). The number of aliphatic hydroxyl groups is 1. The van der Waals surface area contributed by atoms with E-state index >= 15 is 0 Å². The molecule has 4 nitrogen and oxygen atoms in total. The Morgan fingerprint density at radius 3 is 2.41 bits per heavy atom. The van der Waals surface area contributed by atoms with Gasteiger partial charge in [-0.25, -0.2) is 0 Å². The lowest BCUT2D eigenvalue weighted by Gasteiger charge is -2.26. The second-order valence-corrected chi connectivity index (χ2v) is 6.19. The van der Waals surface area contributed by atoms with Crippen molar-refractivity contribution in [3.63, 3.8) is 0 Å². The fourth-order valence-corrected chi connectivity index (χ4v) is 2.25. The van der Waals surface area contributed by atoms with E-state index in [9.17, 15) is 18.7 Å². The van der Waals surface area contributed by atoms with Crippen molar-refractivity contribution in [2.75, 3.05) is 6.54 Å². The van der Waals surface area contributed by atoms with Crippen LogP contribution in [0.25, 0.3) is 0 Å². The van der Waals surface area contributed by atoms with Crippen molar-refractivity contribution < 1.29 is 23.4 Å². The van der Waals surface area contributed by atoms with Crippen LogP contribution in [0, 0.1) is 5.41 Å². The van der Waals surface area contributed by atoms with Gasteiger partial charge >= 0.3 is 6.61 Å². The van der Waals surface area contributed by atoms with Crippen molar-refractivity contribution in [2.24, 2.45) is 5.41 Å². The molecule has 0 bridgehead atoms. The molecule has 1 unspecified atom stereocenters. The number of nitrogens with one attached hydrogen (secondary N) is 1. The van der Waals surface area contributed by atoms with Crippen molar-refractivity contribution in [1.82, 2.24) is 5.32 Å². The Kier molecular flexibility index (Phi) is 6.74. The molecule has 0 radical (unpaired) electrons. The van der Waals surface area contributed by atoms with Crippen molar-refractivity contribution in [2.45, 2.75) is 46.3 Å². The number of carbonyl (C=O) groups is 1. The summed E-state index contributed by atoms with van der Waals surface area (Å²) in [4.78, 5) is 11.9. The standard InChI is InChI=1S/C16H23F2NO3/c1-11(20)9-16(2,3)10-19-14(21)8-12-4-6-13(7-5-12)22-15(17)18/h4-7,11,15,20H,8-10H2,1-3H3,(H,19,21). The number of carbonyl (C=O) groups excluding carboxylic acids is 1. The first-order valence-corrected chi connectivity index (χ1v) is 7.16. The summed E-state index contributed by atoms with van der Waals surface area (Å²) in [6.07, 6.45) is 0.335. The average molecular weight is 315 g/mol. The van der Waals surface area contributed by atoms with Crippen molar-refractivity contribution in [3.05, 3.63) is 29.8 Å². The summed E-state index contributed by atoms with van der Waals surface area (Å²) in [6, 6.07) is 5.98. The van der Waals surface area contributed by atoms with Gasteiger partial charge in [-0.15, -0.1) is 0 Å². The zero-order chi connectivity index (χ0) is 16.8. The van der Waals surface area contributed by atoms with Crippen LogP contribution in [0.5, 0.6) is 5.75 Å². The minimum Gasteiger partial charge on any atom is -0.435 e. The lowest BCUT2D eigenvalue weighted by molar-refractivity contribution is -0.121. The number of hydrogen-bond acceptors (Lipinski definition) is 3. The highest BCUT2D eigenvalue weighted by molar-refractivity contribution is 5.78. The molecule has 0 spiro atoms. The van der Waals surface area contributed by atoms with Crippen molar-refractivity contribution in [3.8, 4) is 5.75 Å². The van der Waals surface area contributed by atoms with Crippen LogP contribution in [0.15, 0.2) is 24.3 Å². The second-order valence-electron chi connectivity index (χ2n) is 6.19. The molecule has 1 aromatic carbocycles. The van der Waals surface area contributed by atoms with E-state index in [1.165, 1.54) is 12.1 Å². The molecule has 0 fully saturated rings. The number of benzene rings is 1. The minimum absolute atomic E-state index is 0.0669. The predicted molar refractivity (Wildman–Crippen MR) is 79.9 cm³/mol. The van der Waals surface area contributed by atoms with E-state index in [0.29, 0.717) is 18.5 Å². The molecule has 6 heteroatoms. The molecule has 0 saturated carbocycles. The Morgan fingerprint density at radius 1 is 1.32 bits per heavy atom. The number of hydrogen-bond donors (Lipinski definition) is 2. The molecule has 0 heterocycles. The Hall–Kier alpha value is -1.69. The Morgan fingerprint density at radius 2 is 1.91 bits per heavy atom. The summed E-state index contributed by atoms with van der Waals surface area (Å²) in [5, 5.41) is 12.2. The normalized spacial score (nSPS) is 13.0. The third-order valence-corrected chi connectivity index (χ3v) is 3.13. The molecule has 1 amide bonds. The first kappa shape index (κ1) is 18.4. The molecule has 22 heavy (non-hydrogen) atoms. The van der Waals surface area contributed by atoms with Gasteiger partial charge in [0.25, 0.3) is 0 Å². The number of halogens is 2. The molecular formula is C16H23F2NO3. The molecule has 0 aliphatic heterocycles. The van der Waals surface area contributed by atoms with Gasteiger partial charge in [-0.05, 0) is 36.5 Å². The first-order valence-electron chi connectivity index (χ1n) is 7.16. The van der Waals surface area contributed by atoms with E-state index in [1.54, 1.807) is 19.1 Å². The highest BCUT2D eigenvalue weighted by atomic mass is 19.3. The quantitative estimate of drug-likeness (QED) is 0.775. The fourth-order valence-electron chi connectivity index (χ4n) is 2.25. The van der Waals surface area contributed by atoms with Crippen LogP contribution in [-0.2, 0) is 11.2 Å². The minimum atomic E-state index is -2.86. The topological polar surface area (TPSA) is 58.6 Å². The van der Waals surface area contributed by atoms with Crippen LogP contribution >= 0.6 is 0 Å². The van der Waals surface area contributed by atoms with Crippen LogP contribution in [-0.4, -0.2) is 30.3 Å². The largest absolute Gasteiger partial charge is 0.435 e. The Bertz CT molecular complexity index is 473. The highest BCUT2D eigenvalue weighted by Gasteiger charge is 2.21. The van der Waals surface area contributed by atoms with E-state index in [4.69, 9.17) is 0 Å². The molecule has 1 atom stereocenters. The maximum atomic E-state index is 12.0. The summed E-state index contributed by atoms with van der Waals surface area (Å²) in [7, 11) is 0. The molecule has 1 aromatic rings. The smallest absolute Gasteiger partial charge is 0.387 e. The van der Waals surface area contributed by atoms with Gasteiger partial charge in [-0.1, -0.05) is 26.0 Å². The molecule has 0 aliphatic rings. The van der Waals surface area contributed by atoms with Gasteiger partial charge in [0.2, 0.25) is 5.91 Å². The number of alkyl halides is 2. The van der Waals surface area contributed by atoms with Gasteiger partial charge in [0.15, 0.2) is 0 Å². The number of rotatable bonds is 8. The summed E-state index contributed by atoms with van der Waals surface area (Å²) in [5.74, 6) is -0.0848. The molecule has 2 N–H and O–H groups in total. The number of ether oxygens (including phenoxy) is 1. The highest BCUT2D eigenvalue weighted by Crippen LogP contribution is 2.21. The van der Waals surface area contributed by atoms with Crippen molar-refractivity contribution >= 4 is 5.91 Å². The third kappa shape index (κ3) is 7.36. The SMILES string of the molecule is CC(O)CC(C)(C)CNC(=O)Cc1ccc(OC(F)F)cc1. The summed E-state index contributed by atoms with van der Waals surface area (Å²) in [5.41, 5.74) is 0.520. The molecule has 124 valence electrons. The van der Waals surface area contributed by atoms with E-state index in [0.717, 1.165) is 0 Å². The lowest BCUT2D eigenvalue weighted by Crippen LogP contribution is -2.36. The third-order valence-electron chi connectivity index (χ3n) is 3.13. The Labute approximate surface area is 129 Å². The van der Waals surface area contributed by atoms with E-state index in [2.05, 4.69) is 10.1 Å². The fraction of sp³-hybridized carbons (Fsp3) is 0.562. The van der Waals surface area contributed by atoms with Crippen LogP contribution in [0.4, 0.5) is 8.78 Å². The van der Waals surface area contributed by atoms with Gasteiger partial charge in [-0.2, -0.15) is 8.78 Å². The molecule has 0 aliphatic carbocycles. The van der Waals surface area contributed by atoms with E-state index in [1.807, 2.05) is 13.8 Å². The van der Waals surface area contributed by atoms with Crippen LogP contribution in [0.1, 0.15) is 32.8 Å². The van der Waals surface area contributed by atoms with Crippen LogP contribution in [0.3, 0.4) is 0 Å². The van der Waals surface area contributed by atoms with Crippen LogP contribution in [0.2, 0.25) is 0 Å². The maximum Gasteiger partial charge on any atom is 0.387 e. The van der Waals surface area contributed by atoms with Gasteiger partial charge in [0, 0.05) is 6.54 Å². The summed E-state index contributed by atoms with van der Waals surface area (Å²) < 4.78 is 28.3. The Balaban J connectivity index is 2.45. The predicted octanol–water partition coefficient (Wildman–Crippen LogP) is 2.74. The van der Waals surface area contributed by atoms with Crippen LogP contribution < -0.4 is 10.1 Å². The van der Waals surface area contributed by atoms with Gasteiger partial charge in [0.05, 0.1) is 12.5 Å². The summed E-state index contributed by atoms with van der Waals surface area (Å²) in [6.45, 7) is 3.26. The number of aliphatic hydroxyl groups excluding tert-OH is 1. The van der Waals surface area contributed by atoms with E-state index < -0.39 is 12.7 Å². The monoisotopic (exact) mass is 315 g/mol. The van der Waals surface area contributed by atoms with Gasteiger partial charge < -0.3 is 15.2 Å². The molecular weight excluding hydrogens is 292 g/mol. The maximum absolute atomic E-state index is 12.0.